The SMILES string of the molecule is Cc1ccc(CN)cc1Oc1ccnc2cc(Cl)ccc12. The van der Waals surface area contributed by atoms with Gasteiger partial charge in [0.25, 0.3) is 0 Å². The zero-order valence-electron chi connectivity index (χ0n) is 11.6. The van der Waals surface area contributed by atoms with Crippen molar-refractivity contribution in [1.82, 2.24) is 4.98 Å². The summed E-state index contributed by atoms with van der Waals surface area (Å²) in [7, 11) is 0. The van der Waals surface area contributed by atoms with E-state index in [0.717, 1.165) is 33.5 Å². The molecular formula is C17H15ClN2O. The number of hydrogen-bond donors (Lipinski definition) is 1. The van der Waals surface area contributed by atoms with Crippen molar-refractivity contribution in [2.45, 2.75) is 13.5 Å². The Labute approximate surface area is 128 Å². The monoisotopic (exact) mass is 298 g/mol. The van der Waals surface area contributed by atoms with E-state index in [1.54, 1.807) is 6.20 Å². The summed E-state index contributed by atoms with van der Waals surface area (Å²) in [5.74, 6) is 1.56. The maximum absolute atomic E-state index is 6.07. The van der Waals surface area contributed by atoms with E-state index in [1.165, 1.54) is 0 Å². The van der Waals surface area contributed by atoms with Crippen LogP contribution in [-0.4, -0.2) is 4.98 Å². The third-order valence-corrected chi connectivity index (χ3v) is 3.61. The molecule has 0 saturated heterocycles. The zero-order chi connectivity index (χ0) is 14.8. The number of rotatable bonds is 3. The van der Waals surface area contributed by atoms with Crippen LogP contribution in [0.5, 0.6) is 11.5 Å². The van der Waals surface area contributed by atoms with Gasteiger partial charge >= 0.3 is 0 Å². The lowest BCUT2D eigenvalue weighted by atomic mass is 10.1. The number of pyridine rings is 1. The van der Waals surface area contributed by atoms with Crippen LogP contribution in [0.2, 0.25) is 5.02 Å². The van der Waals surface area contributed by atoms with Gasteiger partial charge in [-0.1, -0.05) is 23.7 Å². The van der Waals surface area contributed by atoms with Crippen LogP contribution >= 0.6 is 11.6 Å². The number of nitrogens with zero attached hydrogens (tertiary/aromatic N) is 1. The molecule has 0 aliphatic rings. The molecule has 0 aliphatic heterocycles. The third kappa shape index (κ3) is 2.84. The molecule has 0 fully saturated rings. The molecule has 3 nitrogen and oxygen atoms in total. The van der Waals surface area contributed by atoms with Crippen molar-refractivity contribution in [3.63, 3.8) is 0 Å². The van der Waals surface area contributed by atoms with Crippen LogP contribution < -0.4 is 10.5 Å². The molecule has 0 saturated carbocycles. The molecule has 2 N–H and O–H groups in total. The van der Waals surface area contributed by atoms with Crippen molar-refractivity contribution < 1.29 is 4.74 Å². The second kappa shape index (κ2) is 5.72. The van der Waals surface area contributed by atoms with Gasteiger partial charge in [-0.15, -0.1) is 0 Å². The summed E-state index contributed by atoms with van der Waals surface area (Å²) in [5, 5.41) is 1.59. The lowest BCUT2D eigenvalue weighted by molar-refractivity contribution is 0.483. The predicted octanol–water partition coefficient (Wildman–Crippen LogP) is 4.45. The molecule has 0 spiro atoms. The summed E-state index contributed by atoms with van der Waals surface area (Å²) in [5.41, 5.74) is 8.60. The molecule has 4 heteroatoms. The molecule has 0 aliphatic carbocycles. The number of nitrogens with two attached hydrogens (primary N) is 1. The van der Waals surface area contributed by atoms with Crippen LogP contribution in [0.3, 0.4) is 0 Å². The van der Waals surface area contributed by atoms with Crippen LogP contribution in [0, 0.1) is 6.92 Å². The number of halogens is 1. The molecule has 3 rings (SSSR count). The van der Waals surface area contributed by atoms with Gasteiger partial charge in [0.2, 0.25) is 0 Å². The van der Waals surface area contributed by atoms with Crippen molar-refractivity contribution in [3.05, 3.63) is 64.8 Å². The van der Waals surface area contributed by atoms with Crippen LogP contribution in [0.1, 0.15) is 11.1 Å². The van der Waals surface area contributed by atoms with Gasteiger partial charge < -0.3 is 10.5 Å². The van der Waals surface area contributed by atoms with Crippen LogP contribution in [0.4, 0.5) is 0 Å². The smallest absolute Gasteiger partial charge is 0.138 e. The Hall–Kier alpha value is -2.10. The first kappa shape index (κ1) is 13.9. The molecule has 3 aromatic rings. The first-order chi connectivity index (χ1) is 10.2. The Balaban J connectivity index is 2.06. The summed E-state index contributed by atoms with van der Waals surface area (Å²) in [4.78, 5) is 4.32. The fraction of sp³-hybridized carbons (Fsp3) is 0.118. The first-order valence-corrected chi connectivity index (χ1v) is 7.07. The molecule has 0 radical (unpaired) electrons. The molecule has 106 valence electrons. The van der Waals surface area contributed by atoms with Gasteiger partial charge in [0.1, 0.15) is 11.5 Å². The lowest BCUT2D eigenvalue weighted by Crippen LogP contribution is -1.97. The van der Waals surface area contributed by atoms with E-state index in [0.29, 0.717) is 11.6 Å². The van der Waals surface area contributed by atoms with Crippen molar-refractivity contribution >= 4 is 22.5 Å². The van der Waals surface area contributed by atoms with Crippen molar-refractivity contribution in [2.75, 3.05) is 0 Å². The van der Waals surface area contributed by atoms with Gasteiger partial charge in [0.05, 0.1) is 5.52 Å². The molecule has 0 atom stereocenters. The summed E-state index contributed by atoms with van der Waals surface area (Å²) < 4.78 is 6.07. The molecule has 1 aromatic heterocycles. The summed E-state index contributed by atoms with van der Waals surface area (Å²) in [6.07, 6.45) is 1.72. The van der Waals surface area contributed by atoms with Gasteiger partial charge in [-0.25, -0.2) is 0 Å². The number of hydrogen-bond acceptors (Lipinski definition) is 3. The molecule has 2 aromatic carbocycles. The predicted molar refractivity (Wildman–Crippen MR) is 85.9 cm³/mol. The Morgan fingerprint density at radius 2 is 1.95 bits per heavy atom. The number of fused-ring (bicyclic) bond motifs is 1. The molecule has 0 amide bonds. The quantitative estimate of drug-likeness (QED) is 0.777. The summed E-state index contributed by atoms with van der Waals surface area (Å²) in [6.45, 7) is 2.50. The highest BCUT2D eigenvalue weighted by atomic mass is 35.5. The minimum atomic E-state index is 0.489. The minimum absolute atomic E-state index is 0.489. The molecule has 1 heterocycles. The molecule has 21 heavy (non-hydrogen) atoms. The molecule has 0 bridgehead atoms. The standard InChI is InChI=1S/C17H15ClN2O/c1-11-2-3-12(10-19)8-17(11)21-16-6-7-20-15-9-13(18)4-5-14(15)16/h2-9H,10,19H2,1H3. The number of benzene rings is 2. The van der Waals surface area contributed by atoms with Crippen molar-refractivity contribution in [2.24, 2.45) is 5.73 Å². The highest BCUT2D eigenvalue weighted by Crippen LogP contribution is 2.32. The van der Waals surface area contributed by atoms with E-state index in [2.05, 4.69) is 4.98 Å². The Kier molecular flexibility index (Phi) is 3.78. The highest BCUT2D eigenvalue weighted by Gasteiger charge is 2.07. The van der Waals surface area contributed by atoms with Gasteiger partial charge in [0.15, 0.2) is 0 Å². The number of aromatic nitrogens is 1. The van der Waals surface area contributed by atoms with E-state index < -0.39 is 0 Å². The fourth-order valence-corrected chi connectivity index (χ4v) is 2.35. The second-order valence-electron chi connectivity index (χ2n) is 4.88. The fourth-order valence-electron chi connectivity index (χ4n) is 2.18. The molecular weight excluding hydrogens is 284 g/mol. The average Bonchev–Trinajstić information content (AvgIpc) is 2.49. The maximum atomic E-state index is 6.07. The van der Waals surface area contributed by atoms with Gasteiger partial charge in [0, 0.05) is 23.2 Å². The van der Waals surface area contributed by atoms with Crippen molar-refractivity contribution in [1.29, 1.82) is 0 Å². The van der Waals surface area contributed by atoms with E-state index in [-0.39, 0.29) is 0 Å². The van der Waals surface area contributed by atoms with Gasteiger partial charge in [-0.2, -0.15) is 0 Å². The lowest BCUT2D eigenvalue weighted by Gasteiger charge is -2.12. The third-order valence-electron chi connectivity index (χ3n) is 3.37. The summed E-state index contributed by atoms with van der Waals surface area (Å²) in [6, 6.07) is 13.4. The Bertz CT molecular complexity index is 802. The second-order valence-corrected chi connectivity index (χ2v) is 5.31. The Morgan fingerprint density at radius 1 is 1.10 bits per heavy atom. The maximum Gasteiger partial charge on any atom is 0.138 e. The number of aryl methyl sites for hydroxylation is 1. The first-order valence-electron chi connectivity index (χ1n) is 6.69. The van der Waals surface area contributed by atoms with Crippen LogP contribution in [0.25, 0.3) is 10.9 Å². The van der Waals surface area contributed by atoms with E-state index in [1.807, 2.05) is 49.4 Å². The van der Waals surface area contributed by atoms with Crippen molar-refractivity contribution in [3.8, 4) is 11.5 Å². The minimum Gasteiger partial charge on any atom is -0.456 e. The van der Waals surface area contributed by atoms with Gasteiger partial charge in [-0.05, 0) is 48.4 Å². The van der Waals surface area contributed by atoms with E-state index in [4.69, 9.17) is 22.1 Å². The zero-order valence-corrected chi connectivity index (χ0v) is 12.4. The molecule has 0 unspecified atom stereocenters. The Morgan fingerprint density at radius 3 is 2.76 bits per heavy atom. The normalized spacial score (nSPS) is 10.8. The topological polar surface area (TPSA) is 48.1 Å². The largest absolute Gasteiger partial charge is 0.456 e. The summed E-state index contributed by atoms with van der Waals surface area (Å²) >= 11 is 6.00. The van der Waals surface area contributed by atoms with Gasteiger partial charge in [-0.3, -0.25) is 4.98 Å². The average molecular weight is 299 g/mol. The highest BCUT2D eigenvalue weighted by molar-refractivity contribution is 6.31. The number of ether oxygens (including phenoxy) is 1. The van der Waals surface area contributed by atoms with E-state index in [9.17, 15) is 0 Å². The van der Waals surface area contributed by atoms with Crippen LogP contribution in [0.15, 0.2) is 48.7 Å². The van der Waals surface area contributed by atoms with E-state index >= 15 is 0 Å². The van der Waals surface area contributed by atoms with Crippen LogP contribution in [-0.2, 0) is 6.54 Å².